The number of aromatic nitrogens is 3. The predicted octanol–water partition coefficient (Wildman–Crippen LogP) is 6.50. The summed E-state index contributed by atoms with van der Waals surface area (Å²) in [6.45, 7) is 0.782. The summed E-state index contributed by atoms with van der Waals surface area (Å²) in [4.78, 5) is 17.5. The van der Waals surface area contributed by atoms with Gasteiger partial charge in [-0.15, -0.1) is 0 Å². The van der Waals surface area contributed by atoms with Gasteiger partial charge in [-0.25, -0.2) is 14.1 Å². The Labute approximate surface area is 238 Å². The molecule has 3 aromatic carbocycles. The van der Waals surface area contributed by atoms with Crippen molar-refractivity contribution in [2.24, 2.45) is 5.92 Å². The van der Waals surface area contributed by atoms with Crippen LogP contribution in [-0.2, 0) is 6.18 Å². The number of alkyl halides is 3. The Morgan fingerprint density at radius 3 is 2.52 bits per heavy atom. The zero-order valence-corrected chi connectivity index (χ0v) is 22.2. The van der Waals surface area contributed by atoms with Crippen LogP contribution < -0.4 is 16.4 Å². The van der Waals surface area contributed by atoms with Crippen LogP contribution in [0.2, 0.25) is 0 Å². The molecule has 0 bridgehead atoms. The first-order valence-corrected chi connectivity index (χ1v) is 13.4. The molecule has 0 radical (unpaired) electrons. The smallest absolute Gasteiger partial charge is 0.383 e. The van der Waals surface area contributed by atoms with E-state index in [0.717, 1.165) is 29.6 Å². The summed E-state index contributed by atoms with van der Waals surface area (Å²) in [6.07, 6.45) is -1.02. The summed E-state index contributed by atoms with van der Waals surface area (Å²) in [7, 11) is 0. The highest BCUT2D eigenvalue weighted by molar-refractivity contribution is 6.04. The molecule has 1 aliphatic carbocycles. The average molecular weight is 575 g/mol. The monoisotopic (exact) mass is 574 g/mol. The molecule has 11 heteroatoms. The van der Waals surface area contributed by atoms with Gasteiger partial charge >= 0.3 is 6.18 Å². The molecular weight excluding hydrogens is 548 g/mol. The molecule has 7 nitrogen and oxygen atoms in total. The van der Waals surface area contributed by atoms with Crippen molar-refractivity contribution in [2.75, 3.05) is 17.6 Å². The minimum Gasteiger partial charge on any atom is -0.383 e. The van der Waals surface area contributed by atoms with E-state index in [1.807, 2.05) is 30.3 Å². The van der Waals surface area contributed by atoms with Gasteiger partial charge in [0.25, 0.3) is 5.91 Å². The van der Waals surface area contributed by atoms with Crippen LogP contribution in [0.15, 0.2) is 85.1 Å². The molecule has 5 aromatic rings. The van der Waals surface area contributed by atoms with Gasteiger partial charge in [0, 0.05) is 17.6 Å². The Bertz CT molecular complexity index is 1770. The molecule has 42 heavy (non-hydrogen) atoms. The standard InChI is InChI=1S/C31H26F4N6O/c32-24-11-9-21(28(38-17-18-6-7-18)20-4-2-1-3-5-20)14-25(24)39-30(42)26-16-27(31(33,34)35)40-41(26)22-10-8-19-12-13-37-29(36)23(19)15-22/h1-5,8-16,18,28,38H,6-7,17H2,(H2,36,37)(H,39,42). The minimum atomic E-state index is -4.82. The number of amides is 1. The number of nitrogen functional groups attached to an aromatic ring is 1. The molecular formula is C31H26F4N6O. The van der Waals surface area contributed by atoms with Crippen LogP contribution in [0, 0.1) is 11.7 Å². The van der Waals surface area contributed by atoms with Gasteiger partial charge < -0.3 is 16.4 Å². The fourth-order valence-electron chi connectivity index (χ4n) is 4.87. The Hall–Kier alpha value is -4.77. The number of nitrogens with zero attached hydrogens (tertiary/aromatic N) is 3. The number of nitrogens with two attached hydrogens (primary N) is 1. The SMILES string of the molecule is Nc1nccc2ccc(-n3nc(C(F)(F)F)cc3C(=O)Nc3cc(C(NCC4CC4)c4ccccc4)ccc3F)cc12. The highest BCUT2D eigenvalue weighted by atomic mass is 19.4. The first-order chi connectivity index (χ1) is 20.2. The highest BCUT2D eigenvalue weighted by Gasteiger charge is 2.36. The van der Waals surface area contributed by atoms with Crippen LogP contribution in [0.3, 0.4) is 0 Å². The second kappa shape index (κ2) is 10.9. The maximum absolute atomic E-state index is 15.0. The highest BCUT2D eigenvalue weighted by Crippen LogP contribution is 2.33. The minimum absolute atomic E-state index is 0.158. The van der Waals surface area contributed by atoms with Crippen molar-refractivity contribution in [3.05, 3.63) is 113 Å². The van der Waals surface area contributed by atoms with Gasteiger partial charge in [-0.3, -0.25) is 4.79 Å². The van der Waals surface area contributed by atoms with Crippen LogP contribution in [0.5, 0.6) is 0 Å². The molecule has 1 amide bonds. The summed E-state index contributed by atoms with van der Waals surface area (Å²) in [5.41, 5.74) is 5.91. The van der Waals surface area contributed by atoms with Crippen LogP contribution in [0.4, 0.5) is 29.1 Å². The third-order valence-electron chi connectivity index (χ3n) is 7.27. The number of hydrogen-bond donors (Lipinski definition) is 3. The molecule has 6 rings (SSSR count). The number of halogens is 4. The van der Waals surface area contributed by atoms with Crippen molar-refractivity contribution in [1.29, 1.82) is 0 Å². The van der Waals surface area contributed by atoms with E-state index in [1.165, 1.54) is 30.5 Å². The van der Waals surface area contributed by atoms with Gasteiger partial charge in [0.15, 0.2) is 5.69 Å². The third-order valence-corrected chi connectivity index (χ3v) is 7.27. The molecule has 2 heterocycles. The molecule has 0 saturated heterocycles. The quantitative estimate of drug-likeness (QED) is 0.184. The van der Waals surface area contributed by atoms with E-state index in [1.54, 1.807) is 18.2 Å². The molecule has 2 aromatic heterocycles. The van der Waals surface area contributed by atoms with E-state index in [4.69, 9.17) is 5.73 Å². The lowest BCUT2D eigenvalue weighted by Crippen LogP contribution is -2.25. The lowest BCUT2D eigenvalue weighted by molar-refractivity contribution is -0.141. The van der Waals surface area contributed by atoms with Crippen molar-refractivity contribution in [3.8, 4) is 5.69 Å². The number of carbonyl (C=O) groups is 1. The van der Waals surface area contributed by atoms with Crippen molar-refractivity contribution in [1.82, 2.24) is 20.1 Å². The fourth-order valence-corrected chi connectivity index (χ4v) is 4.87. The van der Waals surface area contributed by atoms with Crippen LogP contribution >= 0.6 is 0 Å². The summed E-state index contributed by atoms with van der Waals surface area (Å²) < 4.78 is 57.0. The van der Waals surface area contributed by atoms with Gasteiger partial charge in [-0.1, -0.05) is 42.5 Å². The number of carbonyl (C=O) groups excluding carboxylic acids is 1. The molecule has 1 fully saturated rings. The number of fused-ring (bicyclic) bond motifs is 1. The molecule has 0 spiro atoms. The predicted molar refractivity (Wildman–Crippen MR) is 152 cm³/mol. The fraction of sp³-hybridized carbons (Fsp3) is 0.194. The normalized spacial score (nSPS) is 14.2. The number of nitrogens with one attached hydrogen (secondary N) is 2. The molecule has 1 saturated carbocycles. The van der Waals surface area contributed by atoms with E-state index in [-0.39, 0.29) is 23.2 Å². The van der Waals surface area contributed by atoms with E-state index in [2.05, 4.69) is 20.7 Å². The lowest BCUT2D eigenvalue weighted by Gasteiger charge is -2.21. The summed E-state index contributed by atoms with van der Waals surface area (Å²) in [5.74, 6) is -0.936. The van der Waals surface area contributed by atoms with Gasteiger partial charge in [0.1, 0.15) is 17.3 Å². The zero-order chi connectivity index (χ0) is 29.4. The number of hydrogen-bond acceptors (Lipinski definition) is 5. The first-order valence-electron chi connectivity index (χ1n) is 13.4. The molecule has 214 valence electrons. The van der Waals surface area contributed by atoms with Gasteiger partial charge in [-0.2, -0.15) is 18.3 Å². The second-order valence-corrected chi connectivity index (χ2v) is 10.3. The summed E-state index contributed by atoms with van der Waals surface area (Å²) in [5, 5.41) is 10.9. The number of anilines is 2. The molecule has 1 unspecified atom stereocenters. The van der Waals surface area contributed by atoms with Gasteiger partial charge in [0.2, 0.25) is 0 Å². The Morgan fingerprint density at radius 2 is 1.79 bits per heavy atom. The van der Waals surface area contributed by atoms with E-state index < -0.39 is 29.3 Å². The largest absolute Gasteiger partial charge is 0.435 e. The number of rotatable bonds is 8. The van der Waals surface area contributed by atoms with Crippen LogP contribution in [0.1, 0.15) is 46.2 Å². The lowest BCUT2D eigenvalue weighted by atomic mass is 9.97. The van der Waals surface area contributed by atoms with Crippen molar-refractivity contribution < 1.29 is 22.4 Å². The van der Waals surface area contributed by atoms with Crippen molar-refractivity contribution in [3.63, 3.8) is 0 Å². The molecule has 4 N–H and O–H groups in total. The molecule has 1 aliphatic rings. The van der Waals surface area contributed by atoms with Crippen molar-refractivity contribution >= 4 is 28.2 Å². The first kappa shape index (κ1) is 27.4. The molecule has 1 atom stereocenters. The Balaban J connectivity index is 1.36. The Kier molecular flexibility index (Phi) is 7.11. The third kappa shape index (κ3) is 5.68. The topological polar surface area (TPSA) is 97.9 Å². The molecule has 0 aliphatic heterocycles. The van der Waals surface area contributed by atoms with Crippen molar-refractivity contribution in [2.45, 2.75) is 25.1 Å². The number of pyridine rings is 1. The summed E-state index contributed by atoms with van der Waals surface area (Å²) in [6, 6.07) is 20.7. The average Bonchev–Trinajstić information content (AvgIpc) is 3.68. The maximum atomic E-state index is 15.0. The second-order valence-electron chi connectivity index (χ2n) is 10.3. The van der Waals surface area contributed by atoms with E-state index in [0.29, 0.717) is 28.3 Å². The van der Waals surface area contributed by atoms with E-state index in [9.17, 15) is 18.0 Å². The summed E-state index contributed by atoms with van der Waals surface area (Å²) >= 11 is 0. The van der Waals surface area contributed by atoms with E-state index >= 15 is 4.39 Å². The van der Waals surface area contributed by atoms with Gasteiger partial charge in [-0.05, 0) is 72.1 Å². The van der Waals surface area contributed by atoms with Crippen LogP contribution in [0.25, 0.3) is 16.5 Å². The zero-order valence-electron chi connectivity index (χ0n) is 22.2. The van der Waals surface area contributed by atoms with Crippen LogP contribution in [-0.4, -0.2) is 27.2 Å². The maximum Gasteiger partial charge on any atom is 0.435 e. The van der Waals surface area contributed by atoms with Gasteiger partial charge in [0.05, 0.1) is 17.4 Å². The number of benzene rings is 3. The Morgan fingerprint density at radius 1 is 1.00 bits per heavy atom.